The van der Waals surface area contributed by atoms with E-state index in [-0.39, 0.29) is 34.8 Å². The Morgan fingerprint density at radius 1 is 1.09 bits per heavy atom. The van der Waals surface area contributed by atoms with Gasteiger partial charge in [-0.25, -0.2) is 4.79 Å². The number of rotatable bonds is 6. The fraction of sp³-hybridized carbons (Fsp3) is 0.304. The number of alkyl halides is 3. The van der Waals surface area contributed by atoms with E-state index in [9.17, 15) is 22.8 Å². The van der Waals surface area contributed by atoms with Crippen molar-refractivity contribution < 1.29 is 31.9 Å². The highest BCUT2D eigenvalue weighted by atomic mass is 35.5. The highest BCUT2D eigenvalue weighted by Gasteiger charge is 2.39. The highest BCUT2D eigenvalue weighted by molar-refractivity contribution is 6.30. The molecule has 0 aliphatic rings. The second-order valence-corrected chi connectivity index (χ2v) is 8.02. The summed E-state index contributed by atoms with van der Waals surface area (Å²) in [4.78, 5) is 25.0. The first kappa shape index (κ1) is 23.7. The minimum atomic E-state index is -4.92. The van der Waals surface area contributed by atoms with Gasteiger partial charge in [-0.1, -0.05) is 37.6 Å². The lowest BCUT2D eigenvalue weighted by atomic mass is 10.0. The molecule has 0 aliphatic carbocycles. The van der Waals surface area contributed by atoms with Crippen LogP contribution in [0.25, 0.3) is 22.1 Å². The lowest BCUT2D eigenvalue weighted by molar-refractivity contribution is -0.152. The molecule has 0 N–H and O–H groups in total. The molecule has 0 amide bonds. The van der Waals surface area contributed by atoms with Gasteiger partial charge in [0.2, 0.25) is 11.2 Å². The Labute approximate surface area is 186 Å². The number of hydrogen-bond acceptors (Lipinski definition) is 5. The largest absolute Gasteiger partial charge is 0.479 e. The number of carbonyl (C=O) groups is 1. The third-order valence-electron chi connectivity index (χ3n) is 4.46. The van der Waals surface area contributed by atoms with Crippen molar-refractivity contribution in [3.63, 3.8) is 0 Å². The van der Waals surface area contributed by atoms with E-state index in [4.69, 9.17) is 25.5 Å². The highest BCUT2D eigenvalue weighted by Crippen LogP contribution is 2.38. The van der Waals surface area contributed by atoms with Gasteiger partial charge in [0.1, 0.15) is 11.3 Å². The van der Waals surface area contributed by atoms with Crippen LogP contribution in [0.1, 0.15) is 26.5 Å². The van der Waals surface area contributed by atoms with Gasteiger partial charge in [-0.05, 0) is 42.7 Å². The zero-order valence-corrected chi connectivity index (χ0v) is 18.2. The van der Waals surface area contributed by atoms with E-state index >= 15 is 0 Å². The smallest absolute Gasteiger partial charge is 0.450 e. The van der Waals surface area contributed by atoms with Gasteiger partial charge in [0.25, 0.3) is 0 Å². The molecule has 1 aromatic heterocycles. The monoisotopic (exact) mass is 468 g/mol. The van der Waals surface area contributed by atoms with Crippen LogP contribution in [-0.2, 0) is 15.7 Å². The number of carbonyl (C=O) groups excluding carboxylic acids is 1. The topological polar surface area (TPSA) is 65.7 Å². The molecule has 2 aromatic carbocycles. The zero-order chi connectivity index (χ0) is 23.6. The summed E-state index contributed by atoms with van der Waals surface area (Å²) in [6, 6.07) is 9.22. The molecule has 32 heavy (non-hydrogen) atoms. The van der Waals surface area contributed by atoms with Gasteiger partial charge in [-0.3, -0.25) is 4.79 Å². The summed E-state index contributed by atoms with van der Waals surface area (Å²) in [7, 11) is 0. The summed E-state index contributed by atoms with van der Waals surface area (Å²) in [5, 5.41) is 0.251. The van der Waals surface area contributed by atoms with E-state index in [0.29, 0.717) is 5.02 Å². The number of benzene rings is 2. The van der Waals surface area contributed by atoms with E-state index in [2.05, 4.69) is 0 Å². The van der Waals surface area contributed by atoms with E-state index in [1.54, 1.807) is 0 Å². The third kappa shape index (κ3) is 5.24. The Morgan fingerprint density at radius 3 is 2.34 bits per heavy atom. The van der Waals surface area contributed by atoms with Gasteiger partial charge in [0, 0.05) is 11.1 Å². The molecule has 5 nitrogen and oxygen atoms in total. The van der Waals surface area contributed by atoms with Crippen LogP contribution >= 0.6 is 11.6 Å². The van der Waals surface area contributed by atoms with Crippen molar-refractivity contribution in [2.45, 2.75) is 33.1 Å². The van der Waals surface area contributed by atoms with Gasteiger partial charge in [-0.15, -0.1) is 0 Å². The number of esters is 1. The van der Waals surface area contributed by atoms with Crippen molar-refractivity contribution in [1.82, 2.24) is 0 Å². The van der Waals surface area contributed by atoms with Crippen molar-refractivity contribution in [3.8, 4) is 16.9 Å². The Morgan fingerprint density at radius 2 is 1.75 bits per heavy atom. The Kier molecular flexibility index (Phi) is 6.83. The maximum Gasteiger partial charge on any atom is 0.450 e. The van der Waals surface area contributed by atoms with Gasteiger partial charge < -0.3 is 13.9 Å². The maximum atomic E-state index is 13.7. The molecule has 3 aromatic rings. The van der Waals surface area contributed by atoms with Crippen LogP contribution in [0.5, 0.6) is 5.75 Å². The van der Waals surface area contributed by atoms with Crippen LogP contribution in [-0.4, -0.2) is 18.7 Å². The second kappa shape index (κ2) is 9.24. The van der Waals surface area contributed by atoms with Crippen LogP contribution in [0.2, 0.25) is 5.02 Å². The van der Waals surface area contributed by atoms with Crippen LogP contribution < -0.4 is 10.2 Å². The number of halogens is 4. The predicted octanol–water partition coefficient (Wildman–Crippen LogP) is 6.10. The Hall–Kier alpha value is -3.00. The molecule has 0 radical (unpaired) electrons. The summed E-state index contributed by atoms with van der Waals surface area (Å²) in [5.41, 5.74) is -1.75. The molecular formula is C23H20ClF3O5. The van der Waals surface area contributed by atoms with Crippen molar-refractivity contribution in [2.75, 3.05) is 6.61 Å². The van der Waals surface area contributed by atoms with Crippen molar-refractivity contribution in [1.29, 1.82) is 0 Å². The first-order chi connectivity index (χ1) is 15.0. The average Bonchev–Trinajstić information content (AvgIpc) is 2.71. The standard InChI is InChI=1S/C23H20ClF3O5/c1-12(2)11-30-22(29)13(3)31-16-8-9-17-18(10-16)32-21(23(25,26)27)19(20(17)28)14-4-6-15(24)7-5-14/h4-10,12-13H,11H2,1-3H3. The molecule has 0 saturated heterocycles. The van der Waals surface area contributed by atoms with Crippen molar-refractivity contribution >= 4 is 28.5 Å². The quantitative estimate of drug-likeness (QED) is 0.409. The molecule has 170 valence electrons. The second-order valence-electron chi connectivity index (χ2n) is 7.58. The Balaban J connectivity index is 2.03. The molecule has 9 heteroatoms. The van der Waals surface area contributed by atoms with Crippen LogP contribution in [0, 0.1) is 5.92 Å². The maximum absolute atomic E-state index is 13.7. The Bertz CT molecular complexity index is 1180. The van der Waals surface area contributed by atoms with Crippen molar-refractivity contribution in [2.24, 2.45) is 5.92 Å². The first-order valence-electron chi connectivity index (χ1n) is 9.74. The molecule has 0 aliphatic heterocycles. The number of fused-ring (bicyclic) bond motifs is 1. The third-order valence-corrected chi connectivity index (χ3v) is 4.71. The fourth-order valence-corrected chi connectivity index (χ4v) is 3.07. The zero-order valence-electron chi connectivity index (χ0n) is 17.5. The van der Waals surface area contributed by atoms with Gasteiger partial charge in [0.15, 0.2) is 6.10 Å². The summed E-state index contributed by atoms with van der Waals surface area (Å²) in [5.74, 6) is -1.85. The van der Waals surface area contributed by atoms with Gasteiger partial charge in [0.05, 0.1) is 17.6 Å². The van der Waals surface area contributed by atoms with Gasteiger partial charge in [-0.2, -0.15) is 13.2 Å². The molecule has 1 heterocycles. The van der Waals surface area contributed by atoms with Crippen LogP contribution in [0.15, 0.2) is 51.7 Å². The molecule has 0 saturated carbocycles. The SMILES string of the molecule is CC(C)COC(=O)C(C)Oc1ccc2c(=O)c(-c3ccc(Cl)cc3)c(C(F)(F)F)oc2c1. The fourth-order valence-electron chi connectivity index (χ4n) is 2.94. The molecule has 1 unspecified atom stereocenters. The number of hydrogen-bond donors (Lipinski definition) is 0. The van der Waals surface area contributed by atoms with Crippen LogP contribution in [0.4, 0.5) is 13.2 Å². The summed E-state index contributed by atoms with van der Waals surface area (Å²) in [6.45, 7) is 5.41. The lowest BCUT2D eigenvalue weighted by Crippen LogP contribution is -2.27. The van der Waals surface area contributed by atoms with Gasteiger partial charge >= 0.3 is 12.1 Å². The first-order valence-corrected chi connectivity index (χ1v) is 10.1. The molecule has 0 fully saturated rings. The minimum absolute atomic E-state index is 0.0271. The lowest BCUT2D eigenvalue weighted by Gasteiger charge is -2.16. The van der Waals surface area contributed by atoms with Crippen LogP contribution in [0.3, 0.4) is 0 Å². The summed E-state index contributed by atoms with van der Waals surface area (Å²) in [6.07, 6.45) is -5.93. The molecule has 3 rings (SSSR count). The molecule has 0 bridgehead atoms. The summed E-state index contributed by atoms with van der Waals surface area (Å²) >= 11 is 5.81. The summed E-state index contributed by atoms with van der Waals surface area (Å²) < 4.78 is 56.9. The number of ether oxygens (including phenoxy) is 2. The van der Waals surface area contributed by atoms with E-state index in [1.165, 1.54) is 43.3 Å². The molecule has 0 spiro atoms. The van der Waals surface area contributed by atoms with E-state index < -0.39 is 35.0 Å². The van der Waals surface area contributed by atoms with E-state index in [0.717, 1.165) is 6.07 Å². The molecular weight excluding hydrogens is 449 g/mol. The van der Waals surface area contributed by atoms with Crippen molar-refractivity contribution in [3.05, 3.63) is 63.5 Å². The predicted molar refractivity (Wildman–Crippen MR) is 114 cm³/mol. The average molecular weight is 469 g/mol. The van der Waals surface area contributed by atoms with E-state index in [1.807, 2.05) is 13.8 Å². The molecule has 1 atom stereocenters. The minimum Gasteiger partial charge on any atom is -0.479 e. The normalized spacial score (nSPS) is 12.8.